The van der Waals surface area contributed by atoms with Gasteiger partial charge in [0.1, 0.15) is 5.84 Å². The van der Waals surface area contributed by atoms with Gasteiger partial charge in [-0.25, -0.2) is 0 Å². The number of hydrazone groups is 1. The predicted molar refractivity (Wildman–Crippen MR) is 75.3 cm³/mol. The lowest BCUT2D eigenvalue weighted by atomic mass is 9.98. The Hall–Kier alpha value is -0.810. The number of hydrogen-bond acceptors (Lipinski definition) is 4. The minimum Gasteiger partial charge on any atom is -0.370 e. The summed E-state index contributed by atoms with van der Waals surface area (Å²) in [6.07, 6.45) is 4.88. The SMILES string of the molecule is C[N+](C)(C)CCCNC1=NN2CCCCC2C1N. The van der Waals surface area contributed by atoms with Crippen molar-refractivity contribution >= 4 is 5.84 Å². The van der Waals surface area contributed by atoms with E-state index in [9.17, 15) is 0 Å². The summed E-state index contributed by atoms with van der Waals surface area (Å²) >= 11 is 0. The van der Waals surface area contributed by atoms with Crippen LogP contribution in [0.5, 0.6) is 0 Å². The average molecular weight is 254 g/mol. The second kappa shape index (κ2) is 5.45. The van der Waals surface area contributed by atoms with E-state index in [-0.39, 0.29) is 6.04 Å². The highest BCUT2D eigenvalue weighted by atomic mass is 15.5. The molecule has 1 fully saturated rings. The lowest BCUT2D eigenvalue weighted by molar-refractivity contribution is -0.870. The average Bonchev–Trinajstić information content (AvgIpc) is 2.62. The molecule has 2 aliphatic heterocycles. The number of nitrogens with zero attached hydrogens (tertiary/aromatic N) is 3. The molecule has 0 radical (unpaired) electrons. The minimum atomic E-state index is 0.0921. The van der Waals surface area contributed by atoms with Crippen molar-refractivity contribution in [3.63, 3.8) is 0 Å². The molecule has 5 heteroatoms. The van der Waals surface area contributed by atoms with E-state index >= 15 is 0 Å². The third kappa shape index (κ3) is 3.36. The maximum atomic E-state index is 6.26. The zero-order valence-corrected chi connectivity index (χ0v) is 12.0. The standard InChI is InChI=1S/C13H28N5/c1-18(2,3)10-6-8-15-13-12(14)11-7-4-5-9-17(11)16-13/h11-12H,4-10,14H2,1-3H3,(H,15,16)/q+1. The summed E-state index contributed by atoms with van der Waals surface area (Å²) < 4.78 is 1.01. The van der Waals surface area contributed by atoms with Gasteiger partial charge in [-0.2, -0.15) is 5.10 Å². The molecule has 104 valence electrons. The molecular weight excluding hydrogens is 226 g/mol. The van der Waals surface area contributed by atoms with E-state index in [1.165, 1.54) is 25.8 Å². The monoisotopic (exact) mass is 254 g/mol. The lowest BCUT2D eigenvalue weighted by Crippen LogP contribution is -2.49. The van der Waals surface area contributed by atoms with Crippen LogP contribution in [0.25, 0.3) is 0 Å². The van der Waals surface area contributed by atoms with Gasteiger partial charge in [-0.05, 0) is 19.3 Å². The predicted octanol–water partition coefficient (Wildman–Crippen LogP) is 0.181. The zero-order valence-electron chi connectivity index (χ0n) is 12.0. The molecule has 0 aromatic rings. The smallest absolute Gasteiger partial charge is 0.141 e. The summed E-state index contributed by atoms with van der Waals surface area (Å²) in [6.45, 7) is 3.22. The molecule has 0 saturated carbocycles. The third-order valence-corrected chi connectivity index (χ3v) is 3.80. The maximum absolute atomic E-state index is 6.26. The van der Waals surface area contributed by atoms with Gasteiger partial charge in [-0.1, -0.05) is 0 Å². The number of quaternary nitrogens is 1. The number of fused-ring (bicyclic) bond motifs is 1. The molecule has 0 aliphatic carbocycles. The van der Waals surface area contributed by atoms with Crippen LogP contribution in [0.15, 0.2) is 5.10 Å². The largest absolute Gasteiger partial charge is 0.370 e. The fourth-order valence-electron chi connectivity index (χ4n) is 2.74. The maximum Gasteiger partial charge on any atom is 0.141 e. The van der Waals surface area contributed by atoms with Crippen molar-refractivity contribution in [3.05, 3.63) is 0 Å². The Balaban J connectivity index is 1.76. The molecule has 2 rings (SSSR count). The number of nitrogens with one attached hydrogen (secondary N) is 1. The van der Waals surface area contributed by atoms with Crippen LogP contribution in [0.4, 0.5) is 0 Å². The lowest BCUT2D eigenvalue weighted by Gasteiger charge is -2.30. The van der Waals surface area contributed by atoms with Gasteiger partial charge < -0.3 is 15.5 Å². The van der Waals surface area contributed by atoms with Gasteiger partial charge in [0.2, 0.25) is 0 Å². The molecule has 2 heterocycles. The number of rotatable bonds is 4. The first-order valence-electron chi connectivity index (χ1n) is 7.12. The highest BCUT2D eigenvalue weighted by molar-refractivity contribution is 5.89. The van der Waals surface area contributed by atoms with Crippen LogP contribution in [0.3, 0.4) is 0 Å². The molecule has 5 nitrogen and oxygen atoms in total. The van der Waals surface area contributed by atoms with Crippen LogP contribution in [0.2, 0.25) is 0 Å². The normalized spacial score (nSPS) is 28.0. The van der Waals surface area contributed by atoms with Crippen LogP contribution in [0, 0.1) is 0 Å². The van der Waals surface area contributed by atoms with E-state index in [0.29, 0.717) is 6.04 Å². The zero-order chi connectivity index (χ0) is 13.2. The number of nitrogens with two attached hydrogens (primary N) is 1. The van der Waals surface area contributed by atoms with Gasteiger partial charge in [0.25, 0.3) is 0 Å². The number of amidine groups is 1. The van der Waals surface area contributed by atoms with Crippen molar-refractivity contribution in [2.75, 3.05) is 40.8 Å². The fraction of sp³-hybridized carbons (Fsp3) is 0.923. The molecule has 0 bridgehead atoms. The van der Waals surface area contributed by atoms with Crippen LogP contribution in [0.1, 0.15) is 25.7 Å². The summed E-state index contributed by atoms with van der Waals surface area (Å²) in [6, 6.07) is 0.536. The second-order valence-electron chi connectivity index (χ2n) is 6.53. The Morgan fingerprint density at radius 3 is 2.83 bits per heavy atom. The summed E-state index contributed by atoms with van der Waals surface area (Å²) in [7, 11) is 6.66. The quantitative estimate of drug-likeness (QED) is 0.556. The van der Waals surface area contributed by atoms with Gasteiger partial charge >= 0.3 is 0 Å². The third-order valence-electron chi connectivity index (χ3n) is 3.80. The van der Waals surface area contributed by atoms with Crippen molar-refractivity contribution in [1.29, 1.82) is 0 Å². The Morgan fingerprint density at radius 2 is 2.17 bits per heavy atom. The fourth-order valence-corrected chi connectivity index (χ4v) is 2.74. The molecule has 0 spiro atoms. The summed E-state index contributed by atoms with van der Waals surface area (Å²) in [5.74, 6) is 1.00. The van der Waals surface area contributed by atoms with Crippen molar-refractivity contribution in [3.8, 4) is 0 Å². The second-order valence-corrected chi connectivity index (χ2v) is 6.53. The van der Waals surface area contributed by atoms with E-state index < -0.39 is 0 Å². The van der Waals surface area contributed by atoms with Crippen molar-refractivity contribution in [2.45, 2.75) is 37.8 Å². The van der Waals surface area contributed by atoms with Gasteiger partial charge in [0, 0.05) is 19.5 Å². The van der Waals surface area contributed by atoms with E-state index in [2.05, 4.69) is 36.6 Å². The van der Waals surface area contributed by atoms with Gasteiger partial charge in [0.05, 0.1) is 39.8 Å². The van der Waals surface area contributed by atoms with Crippen LogP contribution in [-0.4, -0.2) is 68.2 Å². The van der Waals surface area contributed by atoms with E-state index in [4.69, 9.17) is 5.73 Å². The van der Waals surface area contributed by atoms with Crippen molar-refractivity contribution < 1.29 is 4.48 Å². The van der Waals surface area contributed by atoms with E-state index in [0.717, 1.165) is 29.8 Å². The van der Waals surface area contributed by atoms with Crippen molar-refractivity contribution in [1.82, 2.24) is 10.3 Å². The molecule has 1 saturated heterocycles. The molecule has 0 aromatic heterocycles. The van der Waals surface area contributed by atoms with E-state index in [1.54, 1.807) is 0 Å². The Kier molecular flexibility index (Phi) is 4.12. The van der Waals surface area contributed by atoms with Crippen LogP contribution >= 0.6 is 0 Å². The first kappa shape index (κ1) is 13.6. The highest BCUT2D eigenvalue weighted by Crippen LogP contribution is 2.24. The van der Waals surface area contributed by atoms with Crippen molar-refractivity contribution in [2.24, 2.45) is 10.8 Å². The molecule has 2 atom stereocenters. The Labute approximate surface area is 111 Å². The summed E-state index contributed by atoms with van der Waals surface area (Å²) in [5.41, 5.74) is 6.26. The van der Waals surface area contributed by atoms with Crippen LogP contribution < -0.4 is 11.1 Å². The minimum absolute atomic E-state index is 0.0921. The van der Waals surface area contributed by atoms with Crippen LogP contribution in [-0.2, 0) is 0 Å². The number of hydrogen-bond donors (Lipinski definition) is 2. The molecule has 0 amide bonds. The molecule has 3 N–H and O–H groups in total. The molecule has 2 aliphatic rings. The summed E-state index contributed by atoms with van der Waals surface area (Å²) in [5, 5.41) is 10.3. The molecule has 0 aromatic carbocycles. The van der Waals surface area contributed by atoms with E-state index in [1.807, 2.05) is 0 Å². The van der Waals surface area contributed by atoms with Gasteiger partial charge in [-0.3, -0.25) is 5.01 Å². The Bertz CT molecular complexity index is 307. The molecular formula is C13H28N5+. The van der Waals surface area contributed by atoms with Gasteiger partial charge in [-0.15, -0.1) is 0 Å². The molecule has 2 unspecified atom stereocenters. The molecule has 18 heavy (non-hydrogen) atoms. The number of piperidine rings is 1. The first-order valence-corrected chi connectivity index (χ1v) is 7.12. The summed E-state index contributed by atoms with van der Waals surface area (Å²) in [4.78, 5) is 0. The Morgan fingerprint density at radius 1 is 1.39 bits per heavy atom. The highest BCUT2D eigenvalue weighted by Gasteiger charge is 2.35. The van der Waals surface area contributed by atoms with Gasteiger partial charge in [0.15, 0.2) is 0 Å². The first-order chi connectivity index (χ1) is 8.47. The topological polar surface area (TPSA) is 53.7 Å².